The number of nitrogens with zero attached hydrogens (tertiary/aromatic N) is 3. The molecule has 0 aliphatic heterocycles. The molecule has 0 saturated carbocycles. The van der Waals surface area contributed by atoms with E-state index in [1.165, 1.54) is 0 Å². The third kappa shape index (κ3) is 2.82. The number of urea groups is 1. The minimum absolute atomic E-state index is 0.0395. The predicted molar refractivity (Wildman–Crippen MR) is 66.0 cm³/mol. The van der Waals surface area contributed by atoms with E-state index in [4.69, 9.17) is 11.5 Å². The van der Waals surface area contributed by atoms with Crippen LogP contribution in [-0.2, 0) is 0 Å². The van der Waals surface area contributed by atoms with E-state index in [9.17, 15) is 4.79 Å². The summed E-state index contributed by atoms with van der Waals surface area (Å²) in [5.41, 5.74) is 15.8. The first-order chi connectivity index (χ1) is 8.65. The van der Waals surface area contributed by atoms with Crippen LogP contribution in [0.2, 0.25) is 0 Å². The quantitative estimate of drug-likeness (QED) is 0.567. The molecule has 1 heterocycles. The lowest BCUT2D eigenvalue weighted by atomic mass is 10.2. The highest BCUT2D eigenvalue weighted by atomic mass is 16.2. The molecule has 0 saturated heterocycles. The van der Waals surface area contributed by atoms with Gasteiger partial charge < -0.3 is 11.5 Å². The van der Waals surface area contributed by atoms with Gasteiger partial charge in [-0.05, 0) is 0 Å². The van der Waals surface area contributed by atoms with E-state index < -0.39 is 6.03 Å². The number of hydrogen-bond donors (Lipinski definition) is 4. The van der Waals surface area contributed by atoms with Crippen LogP contribution in [0.3, 0.4) is 0 Å². The van der Waals surface area contributed by atoms with E-state index in [1.807, 2.05) is 30.3 Å². The highest BCUT2D eigenvalue weighted by molar-refractivity contribution is 5.72. The zero-order valence-corrected chi connectivity index (χ0v) is 9.29. The Morgan fingerprint density at radius 3 is 2.50 bits per heavy atom. The van der Waals surface area contributed by atoms with Crippen LogP contribution in [0.1, 0.15) is 0 Å². The van der Waals surface area contributed by atoms with Crippen molar-refractivity contribution >= 4 is 17.9 Å². The average molecular weight is 245 g/mol. The Morgan fingerprint density at radius 2 is 1.83 bits per heavy atom. The number of benzene rings is 1. The molecular weight excluding hydrogens is 234 g/mol. The van der Waals surface area contributed by atoms with Gasteiger partial charge in [-0.1, -0.05) is 30.3 Å². The van der Waals surface area contributed by atoms with Gasteiger partial charge in [-0.2, -0.15) is 15.0 Å². The van der Waals surface area contributed by atoms with Crippen molar-refractivity contribution in [3.63, 3.8) is 0 Å². The maximum atomic E-state index is 10.6. The lowest BCUT2D eigenvalue weighted by Crippen LogP contribution is -2.35. The first kappa shape index (κ1) is 11.6. The number of aromatic nitrogens is 3. The average Bonchev–Trinajstić information content (AvgIpc) is 2.37. The molecule has 0 radical (unpaired) electrons. The Balaban J connectivity index is 2.29. The number of carbonyl (C=O) groups excluding carboxylic acids is 1. The second-order valence-electron chi connectivity index (χ2n) is 3.32. The van der Waals surface area contributed by atoms with Crippen molar-refractivity contribution in [3.8, 4) is 11.4 Å². The van der Waals surface area contributed by atoms with Crippen molar-refractivity contribution in [2.45, 2.75) is 0 Å². The normalized spacial score (nSPS) is 9.78. The summed E-state index contributed by atoms with van der Waals surface area (Å²) in [6.07, 6.45) is 0. The Bertz CT molecular complexity index is 557. The Morgan fingerprint density at radius 1 is 1.11 bits per heavy atom. The molecule has 8 heteroatoms. The number of hydrogen-bond acceptors (Lipinski definition) is 6. The van der Waals surface area contributed by atoms with Crippen molar-refractivity contribution < 1.29 is 4.79 Å². The van der Waals surface area contributed by atoms with Crippen LogP contribution in [0.15, 0.2) is 30.3 Å². The number of primary amides is 1. The summed E-state index contributed by atoms with van der Waals surface area (Å²) in [7, 11) is 0. The second kappa shape index (κ2) is 4.95. The van der Waals surface area contributed by atoms with Gasteiger partial charge in [-0.25, -0.2) is 10.2 Å². The first-order valence-corrected chi connectivity index (χ1v) is 5.03. The van der Waals surface area contributed by atoms with Gasteiger partial charge >= 0.3 is 6.03 Å². The Labute approximate surface area is 102 Å². The number of rotatable bonds is 3. The van der Waals surface area contributed by atoms with Crippen LogP contribution >= 0.6 is 0 Å². The van der Waals surface area contributed by atoms with Gasteiger partial charge in [0.2, 0.25) is 11.9 Å². The van der Waals surface area contributed by atoms with Crippen LogP contribution in [0, 0.1) is 0 Å². The number of hydrazine groups is 1. The van der Waals surface area contributed by atoms with Crippen LogP contribution in [0.5, 0.6) is 0 Å². The monoisotopic (exact) mass is 245 g/mol. The van der Waals surface area contributed by atoms with Crippen LogP contribution < -0.4 is 22.3 Å². The number of carbonyl (C=O) groups is 1. The molecule has 1 aromatic carbocycles. The van der Waals surface area contributed by atoms with Gasteiger partial charge in [-0.3, -0.25) is 5.43 Å². The van der Waals surface area contributed by atoms with Crippen molar-refractivity contribution in [2.24, 2.45) is 5.73 Å². The summed E-state index contributed by atoms with van der Waals surface area (Å²) in [6, 6.07) is 8.49. The molecule has 0 spiro atoms. The van der Waals surface area contributed by atoms with Crippen molar-refractivity contribution in [2.75, 3.05) is 11.2 Å². The van der Waals surface area contributed by atoms with E-state index in [2.05, 4.69) is 25.8 Å². The smallest absolute Gasteiger partial charge is 0.330 e. The Hall–Kier alpha value is -2.90. The van der Waals surface area contributed by atoms with Gasteiger partial charge in [0.15, 0.2) is 5.82 Å². The van der Waals surface area contributed by atoms with Crippen molar-refractivity contribution in [1.82, 2.24) is 20.4 Å². The molecule has 0 atom stereocenters. The first-order valence-electron chi connectivity index (χ1n) is 5.03. The molecule has 2 amide bonds. The summed E-state index contributed by atoms with van der Waals surface area (Å²) in [6.45, 7) is 0. The van der Waals surface area contributed by atoms with Crippen LogP contribution in [-0.4, -0.2) is 21.0 Å². The molecule has 0 unspecified atom stereocenters. The third-order valence-corrected chi connectivity index (χ3v) is 1.98. The fourth-order valence-electron chi connectivity index (χ4n) is 1.28. The Kier molecular flexibility index (Phi) is 3.19. The summed E-state index contributed by atoms with van der Waals surface area (Å²) in [5, 5.41) is 0. The summed E-state index contributed by atoms with van der Waals surface area (Å²) < 4.78 is 0. The molecule has 0 bridgehead atoms. The SMILES string of the molecule is NC(=O)NNc1nc(N)nc(-c2ccccc2)n1. The highest BCUT2D eigenvalue weighted by Gasteiger charge is 2.06. The van der Waals surface area contributed by atoms with E-state index in [-0.39, 0.29) is 11.9 Å². The second-order valence-corrected chi connectivity index (χ2v) is 3.32. The maximum Gasteiger partial charge on any atom is 0.330 e. The van der Waals surface area contributed by atoms with Gasteiger partial charge in [0, 0.05) is 5.56 Å². The molecule has 0 fully saturated rings. The molecule has 1 aromatic heterocycles. The van der Waals surface area contributed by atoms with Gasteiger partial charge in [-0.15, -0.1) is 0 Å². The van der Waals surface area contributed by atoms with Crippen LogP contribution in [0.4, 0.5) is 16.7 Å². The number of nitrogens with one attached hydrogen (secondary N) is 2. The minimum atomic E-state index is -0.754. The lowest BCUT2D eigenvalue weighted by Gasteiger charge is -2.06. The van der Waals surface area contributed by atoms with E-state index >= 15 is 0 Å². The molecule has 2 aromatic rings. The molecule has 8 nitrogen and oxygen atoms in total. The van der Waals surface area contributed by atoms with E-state index in [1.54, 1.807) is 0 Å². The lowest BCUT2D eigenvalue weighted by molar-refractivity contribution is 0.250. The van der Waals surface area contributed by atoms with E-state index in [0.717, 1.165) is 5.56 Å². The highest BCUT2D eigenvalue weighted by Crippen LogP contribution is 2.15. The fourth-order valence-corrected chi connectivity index (χ4v) is 1.28. The number of nitrogen functional groups attached to an aromatic ring is 1. The topological polar surface area (TPSA) is 132 Å². The predicted octanol–water partition coefficient (Wildman–Crippen LogP) is 0.116. The molecular formula is C10H11N7O. The molecule has 0 aliphatic rings. The number of anilines is 2. The van der Waals surface area contributed by atoms with E-state index in [0.29, 0.717) is 5.82 Å². The van der Waals surface area contributed by atoms with Gasteiger partial charge in [0.1, 0.15) is 0 Å². The van der Waals surface area contributed by atoms with Crippen molar-refractivity contribution in [3.05, 3.63) is 30.3 Å². The number of amides is 2. The summed E-state index contributed by atoms with van der Waals surface area (Å²) in [5.74, 6) is 0.551. The molecule has 92 valence electrons. The molecule has 2 rings (SSSR count). The molecule has 6 N–H and O–H groups in total. The molecule has 18 heavy (non-hydrogen) atoms. The largest absolute Gasteiger partial charge is 0.368 e. The van der Waals surface area contributed by atoms with Crippen LogP contribution in [0.25, 0.3) is 11.4 Å². The molecule has 0 aliphatic carbocycles. The minimum Gasteiger partial charge on any atom is -0.368 e. The summed E-state index contributed by atoms with van der Waals surface area (Å²) >= 11 is 0. The zero-order chi connectivity index (χ0) is 13.0. The third-order valence-electron chi connectivity index (χ3n) is 1.98. The van der Waals surface area contributed by atoms with Gasteiger partial charge in [0.25, 0.3) is 0 Å². The standard InChI is InChI=1S/C10H11N7O/c11-8-13-7(6-4-2-1-3-5-6)14-10(15-8)17-16-9(12)18/h1-5H,(H3,12,16,18)(H3,11,13,14,15,17). The van der Waals surface area contributed by atoms with Gasteiger partial charge in [0.05, 0.1) is 0 Å². The summed E-state index contributed by atoms with van der Waals surface area (Å²) in [4.78, 5) is 22.5. The zero-order valence-electron chi connectivity index (χ0n) is 9.29. The van der Waals surface area contributed by atoms with Crippen molar-refractivity contribution in [1.29, 1.82) is 0 Å². The maximum absolute atomic E-state index is 10.6. The number of nitrogens with two attached hydrogens (primary N) is 2. The fraction of sp³-hybridized carbons (Fsp3) is 0.